The standard InChI is InChI=1S/C20H27F3/c1-2-3-4-5-6-15-7-9-16(10-8-15)11-12-17-13-18(21)20(23)19(22)14-17/h2-3,13-16H,4-12H2,1H3/b3-2+. The molecule has 1 aromatic rings. The van der Waals surface area contributed by atoms with Crippen LogP contribution in [0.25, 0.3) is 0 Å². The van der Waals surface area contributed by atoms with Crippen LogP contribution in [0.5, 0.6) is 0 Å². The van der Waals surface area contributed by atoms with E-state index in [9.17, 15) is 13.2 Å². The van der Waals surface area contributed by atoms with Crippen molar-refractivity contribution in [3.63, 3.8) is 0 Å². The van der Waals surface area contributed by atoms with Gasteiger partial charge in [-0.2, -0.15) is 0 Å². The third-order valence-electron chi connectivity index (χ3n) is 5.07. The number of aryl methyl sites for hydroxylation is 1. The second kappa shape index (κ2) is 9.14. The molecule has 0 nitrogen and oxygen atoms in total. The summed E-state index contributed by atoms with van der Waals surface area (Å²) in [5, 5.41) is 0. The molecule has 23 heavy (non-hydrogen) atoms. The van der Waals surface area contributed by atoms with Crippen LogP contribution in [0.15, 0.2) is 24.3 Å². The fourth-order valence-corrected chi connectivity index (χ4v) is 3.62. The van der Waals surface area contributed by atoms with Gasteiger partial charge in [-0.25, -0.2) is 13.2 Å². The lowest BCUT2D eigenvalue weighted by molar-refractivity contribution is 0.250. The van der Waals surface area contributed by atoms with Crippen molar-refractivity contribution >= 4 is 0 Å². The van der Waals surface area contributed by atoms with Crippen LogP contribution in [0, 0.1) is 29.3 Å². The van der Waals surface area contributed by atoms with Gasteiger partial charge in [0.1, 0.15) is 0 Å². The maximum atomic E-state index is 13.2. The molecule has 1 aliphatic carbocycles. The molecule has 0 atom stereocenters. The van der Waals surface area contributed by atoms with Crippen molar-refractivity contribution in [2.75, 3.05) is 0 Å². The van der Waals surface area contributed by atoms with Crippen molar-refractivity contribution in [2.45, 2.75) is 64.7 Å². The molecule has 1 saturated carbocycles. The molecule has 0 aliphatic heterocycles. The van der Waals surface area contributed by atoms with Gasteiger partial charge in [-0.1, -0.05) is 44.3 Å². The summed E-state index contributed by atoms with van der Waals surface area (Å²) in [5.41, 5.74) is 0.565. The van der Waals surface area contributed by atoms with E-state index in [4.69, 9.17) is 0 Å². The molecule has 0 unspecified atom stereocenters. The third kappa shape index (κ3) is 5.71. The summed E-state index contributed by atoms with van der Waals surface area (Å²) in [6.45, 7) is 2.06. The summed E-state index contributed by atoms with van der Waals surface area (Å²) < 4.78 is 39.4. The fourth-order valence-electron chi connectivity index (χ4n) is 3.62. The van der Waals surface area contributed by atoms with Crippen LogP contribution in [-0.4, -0.2) is 0 Å². The van der Waals surface area contributed by atoms with Gasteiger partial charge in [-0.05, 0) is 62.1 Å². The smallest absolute Gasteiger partial charge is 0.194 e. The van der Waals surface area contributed by atoms with Crippen LogP contribution >= 0.6 is 0 Å². The van der Waals surface area contributed by atoms with E-state index in [-0.39, 0.29) is 0 Å². The van der Waals surface area contributed by atoms with Gasteiger partial charge in [0.25, 0.3) is 0 Å². The summed E-state index contributed by atoms with van der Waals surface area (Å²) in [4.78, 5) is 0. The number of allylic oxidation sites excluding steroid dienone is 2. The van der Waals surface area contributed by atoms with Gasteiger partial charge in [0.15, 0.2) is 17.5 Å². The van der Waals surface area contributed by atoms with Gasteiger partial charge in [0.05, 0.1) is 0 Å². The Morgan fingerprint density at radius 2 is 1.52 bits per heavy atom. The van der Waals surface area contributed by atoms with Crippen LogP contribution in [0.4, 0.5) is 13.2 Å². The molecule has 0 amide bonds. The Bertz CT molecular complexity index is 491. The summed E-state index contributed by atoms with van der Waals surface area (Å²) in [7, 11) is 0. The predicted molar refractivity (Wildman–Crippen MR) is 88.8 cm³/mol. The Morgan fingerprint density at radius 3 is 2.09 bits per heavy atom. The summed E-state index contributed by atoms with van der Waals surface area (Å²) in [6.07, 6.45) is 14.6. The lowest BCUT2D eigenvalue weighted by atomic mass is 9.78. The van der Waals surface area contributed by atoms with Crippen LogP contribution in [0.2, 0.25) is 0 Å². The van der Waals surface area contributed by atoms with Crippen molar-refractivity contribution < 1.29 is 13.2 Å². The second-order valence-corrected chi connectivity index (χ2v) is 6.80. The minimum atomic E-state index is -1.37. The average Bonchev–Trinajstić information content (AvgIpc) is 2.55. The average molecular weight is 324 g/mol. The minimum Gasteiger partial charge on any atom is -0.204 e. The molecular weight excluding hydrogens is 297 g/mol. The second-order valence-electron chi connectivity index (χ2n) is 6.80. The maximum absolute atomic E-state index is 13.2. The third-order valence-corrected chi connectivity index (χ3v) is 5.07. The van der Waals surface area contributed by atoms with E-state index >= 15 is 0 Å². The molecule has 0 aromatic heterocycles. The van der Waals surface area contributed by atoms with Gasteiger partial charge in [0, 0.05) is 0 Å². The molecule has 0 bridgehead atoms. The lowest BCUT2D eigenvalue weighted by Gasteiger charge is -2.28. The first-order chi connectivity index (χ1) is 11.1. The van der Waals surface area contributed by atoms with Gasteiger partial charge in [0.2, 0.25) is 0 Å². The van der Waals surface area contributed by atoms with E-state index in [0.717, 1.165) is 24.5 Å². The molecule has 0 radical (unpaired) electrons. The van der Waals surface area contributed by atoms with Crippen molar-refractivity contribution in [1.29, 1.82) is 0 Å². The Morgan fingerprint density at radius 1 is 0.957 bits per heavy atom. The monoisotopic (exact) mass is 324 g/mol. The Kier molecular flexibility index (Phi) is 7.19. The van der Waals surface area contributed by atoms with Gasteiger partial charge < -0.3 is 0 Å². The lowest BCUT2D eigenvalue weighted by Crippen LogP contribution is -2.15. The fraction of sp³-hybridized carbons (Fsp3) is 0.600. The molecular formula is C20H27F3. The van der Waals surface area contributed by atoms with Crippen molar-refractivity contribution in [3.8, 4) is 0 Å². The molecule has 1 aliphatic rings. The normalized spacial score (nSPS) is 21.9. The molecule has 0 spiro atoms. The molecule has 1 aromatic carbocycles. The highest BCUT2D eigenvalue weighted by molar-refractivity contribution is 5.19. The number of rotatable bonds is 7. The SMILES string of the molecule is C/C=C/CCCC1CCC(CCc2cc(F)c(F)c(F)c2)CC1. The van der Waals surface area contributed by atoms with Crippen molar-refractivity contribution in [3.05, 3.63) is 47.3 Å². The highest BCUT2D eigenvalue weighted by Crippen LogP contribution is 2.34. The summed E-state index contributed by atoms with van der Waals surface area (Å²) in [6, 6.07) is 2.26. The van der Waals surface area contributed by atoms with Gasteiger partial charge in [-0.15, -0.1) is 0 Å². The topological polar surface area (TPSA) is 0 Å². The zero-order chi connectivity index (χ0) is 16.7. The summed E-state index contributed by atoms with van der Waals surface area (Å²) in [5.74, 6) is -2.04. The molecule has 3 heteroatoms. The highest BCUT2D eigenvalue weighted by Gasteiger charge is 2.21. The molecule has 1 fully saturated rings. The Labute approximate surface area is 137 Å². The maximum Gasteiger partial charge on any atom is 0.194 e. The first-order valence-electron chi connectivity index (χ1n) is 8.84. The van der Waals surface area contributed by atoms with Crippen LogP contribution in [0.3, 0.4) is 0 Å². The highest BCUT2D eigenvalue weighted by atomic mass is 19.2. The number of hydrogen-bond donors (Lipinski definition) is 0. The van der Waals surface area contributed by atoms with Gasteiger partial charge in [-0.3, -0.25) is 0 Å². The van der Waals surface area contributed by atoms with Crippen molar-refractivity contribution in [2.24, 2.45) is 11.8 Å². The molecule has 0 heterocycles. The molecule has 2 rings (SSSR count). The quantitative estimate of drug-likeness (QED) is 0.301. The summed E-state index contributed by atoms with van der Waals surface area (Å²) >= 11 is 0. The van der Waals surface area contributed by atoms with Crippen molar-refractivity contribution in [1.82, 2.24) is 0 Å². The van der Waals surface area contributed by atoms with E-state index in [0.29, 0.717) is 17.9 Å². The zero-order valence-electron chi connectivity index (χ0n) is 14.0. The minimum absolute atomic E-state index is 0.565. The Hall–Kier alpha value is -1.25. The number of halogens is 3. The predicted octanol–water partition coefficient (Wildman–Crippen LogP) is 6.59. The number of benzene rings is 1. The Balaban J connectivity index is 1.70. The van der Waals surface area contributed by atoms with E-state index in [1.54, 1.807) is 0 Å². The van der Waals surface area contributed by atoms with Crippen LogP contribution in [0.1, 0.15) is 63.9 Å². The first kappa shape index (κ1) is 18.1. The largest absolute Gasteiger partial charge is 0.204 e. The van der Waals surface area contributed by atoms with Crippen LogP contribution < -0.4 is 0 Å². The van der Waals surface area contributed by atoms with E-state index in [1.807, 2.05) is 0 Å². The molecule has 128 valence electrons. The van der Waals surface area contributed by atoms with E-state index < -0.39 is 17.5 Å². The molecule has 0 N–H and O–H groups in total. The molecule has 0 saturated heterocycles. The number of hydrogen-bond acceptors (Lipinski definition) is 0. The van der Waals surface area contributed by atoms with Gasteiger partial charge >= 0.3 is 0 Å². The van der Waals surface area contributed by atoms with E-state index in [1.165, 1.54) is 44.9 Å². The van der Waals surface area contributed by atoms with E-state index in [2.05, 4.69) is 19.1 Å². The number of unbranched alkanes of at least 4 members (excludes halogenated alkanes) is 1. The first-order valence-corrected chi connectivity index (χ1v) is 8.84. The zero-order valence-corrected chi connectivity index (χ0v) is 14.0. The van der Waals surface area contributed by atoms with Crippen LogP contribution in [-0.2, 0) is 6.42 Å².